The lowest BCUT2D eigenvalue weighted by Crippen LogP contribution is -2.13. The van der Waals surface area contributed by atoms with E-state index in [0.717, 1.165) is 84.1 Å². The fourth-order valence-corrected chi connectivity index (χ4v) is 8.77. The molecule has 0 radical (unpaired) electrons. The maximum absolute atomic E-state index is 4.92. The Balaban J connectivity index is 1.21. The van der Waals surface area contributed by atoms with Crippen molar-refractivity contribution in [2.75, 3.05) is 4.90 Å². The summed E-state index contributed by atoms with van der Waals surface area (Å²) in [7, 11) is 0. The Kier molecular flexibility index (Phi) is 8.63. The monoisotopic (exact) mass is 770 g/mol. The third-order valence-corrected chi connectivity index (χ3v) is 11.5. The average Bonchev–Trinajstić information content (AvgIpc) is 3.86. The second-order valence-corrected chi connectivity index (χ2v) is 15.2. The number of fused-ring (bicyclic) bond motifs is 4. The zero-order chi connectivity index (χ0) is 40.0. The second kappa shape index (κ2) is 14.7. The van der Waals surface area contributed by atoms with Crippen LogP contribution in [0.15, 0.2) is 225 Å². The summed E-state index contributed by atoms with van der Waals surface area (Å²) >= 11 is 0. The summed E-state index contributed by atoms with van der Waals surface area (Å²) in [6.45, 7) is 2.13. The quantitative estimate of drug-likeness (QED) is 0.144. The maximum Gasteiger partial charge on any atom is 0.168 e. The van der Waals surface area contributed by atoms with Gasteiger partial charge in [-0.25, -0.2) is 4.98 Å². The lowest BCUT2D eigenvalue weighted by atomic mass is 9.94. The Morgan fingerprint density at radius 1 is 0.433 bits per heavy atom. The highest BCUT2D eigenvalue weighted by molar-refractivity contribution is 6.11. The highest BCUT2D eigenvalue weighted by Crippen LogP contribution is 2.48. The Morgan fingerprint density at radius 2 is 0.983 bits per heavy atom. The van der Waals surface area contributed by atoms with E-state index in [1.807, 2.05) is 6.20 Å². The molecule has 0 saturated heterocycles. The lowest BCUT2D eigenvalue weighted by Gasteiger charge is -2.30. The van der Waals surface area contributed by atoms with Crippen molar-refractivity contribution in [3.8, 4) is 39.4 Å². The molecule has 8 aromatic carbocycles. The molecule has 0 amide bonds. The van der Waals surface area contributed by atoms with Gasteiger partial charge < -0.3 is 4.90 Å². The van der Waals surface area contributed by atoms with Crippen molar-refractivity contribution in [2.24, 2.45) is 0 Å². The molecule has 284 valence electrons. The van der Waals surface area contributed by atoms with Crippen LogP contribution in [0.2, 0.25) is 0 Å². The molecule has 3 aromatic heterocycles. The molecule has 0 aliphatic rings. The predicted octanol–water partition coefficient (Wildman–Crippen LogP) is 14.3. The smallest absolute Gasteiger partial charge is 0.168 e. The van der Waals surface area contributed by atoms with Gasteiger partial charge in [0, 0.05) is 52.0 Å². The van der Waals surface area contributed by atoms with Crippen LogP contribution in [0.4, 0.5) is 17.1 Å². The number of para-hydroxylation sites is 5. The molecular weight excluding hydrogens is 731 g/mol. The van der Waals surface area contributed by atoms with Crippen molar-refractivity contribution < 1.29 is 0 Å². The predicted molar refractivity (Wildman–Crippen MR) is 249 cm³/mol. The zero-order valence-electron chi connectivity index (χ0n) is 33.1. The standard InChI is InChI=1S/C55H40N5/c1-39-33-34-56-54(35-39)60-50-28-12-11-25-48(50)49-32-31-45(37-53(49)60)59(55-46(40-17-5-2-6-18-40)26-16-27-47(55)41-19-7-3-8-20-41)44-24-15-23-43(36-44)58-38-57(42-21-9-4-10-22-42)51-29-13-14-30-52(51)58/h2-38H,1H3/q+1. The zero-order valence-corrected chi connectivity index (χ0v) is 33.1. The van der Waals surface area contributed by atoms with Gasteiger partial charge in [-0.15, -0.1) is 0 Å². The van der Waals surface area contributed by atoms with Crippen molar-refractivity contribution in [2.45, 2.75) is 6.92 Å². The number of imidazole rings is 1. The Bertz CT molecular complexity index is 3270. The van der Waals surface area contributed by atoms with E-state index >= 15 is 0 Å². The summed E-state index contributed by atoms with van der Waals surface area (Å²) in [4.78, 5) is 7.37. The number of hydrogen-bond donors (Lipinski definition) is 0. The summed E-state index contributed by atoms with van der Waals surface area (Å²) in [5, 5.41) is 2.37. The van der Waals surface area contributed by atoms with Gasteiger partial charge in [0.15, 0.2) is 17.4 Å². The number of pyridine rings is 1. The van der Waals surface area contributed by atoms with E-state index in [1.165, 1.54) is 10.8 Å². The van der Waals surface area contributed by atoms with E-state index < -0.39 is 0 Å². The van der Waals surface area contributed by atoms with Crippen LogP contribution in [0.25, 0.3) is 72.3 Å². The van der Waals surface area contributed by atoms with Crippen LogP contribution in [-0.2, 0) is 0 Å². The number of nitrogens with zero attached hydrogens (tertiary/aromatic N) is 5. The van der Waals surface area contributed by atoms with E-state index in [0.29, 0.717) is 0 Å². The molecule has 0 atom stereocenters. The Hall–Kier alpha value is -8.02. The molecule has 3 heterocycles. The highest BCUT2D eigenvalue weighted by atomic mass is 15.2. The van der Waals surface area contributed by atoms with E-state index in [4.69, 9.17) is 4.98 Å². The number of aromatic nitrogens is 4. The molecule has 0 N–H and O–H groups in total. The summed E-state index contributed by atoms with van der Waals surface area (Å²) in [5.41, 5.74) is 15.5. The van der Waals surface area contributed by atoms with Crippen molar-refractivity contribution in [3.63, 3.8) is 0 Å². The summed E-state index contributed by atoms with van der Waals surface area (Å²) in [5.74, 6) is 0.896. The van der Waals surface area contributed by atoms with Gasteiger partial charge in [-0.3, -0.25) is 4.57 Å². The molecule has 0 aliphatic carbocycles. The average molecular weight is 771 g/mol. The second-order valence-electron chi connectivity index (χ2n) is 15.2. The molecule has 0 fully saturated rings. The Morgan fingerprint density at radius 3 is 1.67 bits per heavy atom. The van der Waals surface area contributed by atoms with Crippen LogP contribution in [-0.4, -0.2) is 18.7 Å². The van der Waals surface area contributed by atoms with Gasteiger partial charge >= 0.3 is 0 Å². The molecule has 0 bridgehead atoms. The third kappa shape index (κ3) is 6.03. The summed E-state index contributed by atoms with van der Waals surface area (Å²) in [6.07, 6.45) is 4.11. The van der Waals surface area contributed by atoms with Gasteiger partial charge in [-0.1, -0.05) is 140 Å². The van der Waals surface area contributed by atoms with Crippen molar-refractivity contribution in [1.29, 1.82) is 0 Å². The van der Waals surface area contributed by atoms with Gasteiger partial charge in [-0.05, 0) is 78.2 Å². The van der Waals surface area contributed by atoms with Crippen LogP contribution < -0.4 is 4.90 Å². The number of rotatable bonds is 8. The first-order valence-electron chi connectivity index (χ1n) is 20.4. The molecular formula is C55H40N5+. The Labute approximate surface area is 348 Å². The van der Waals surface area contributed by atoms with E-state index in [9.17, 15) is 0 Å². The van der Waals surface area contributed by atoms with Gasteiger partial charge in [0.25, 0.3) is 0 Å². The largest absolute Gasteiger partial charge is 0.308 e. The van der Waals surface area contributed by atoms with Crippen LogP contribution in [0.3, 0.4) is 0 Å². The van der Waals surface area contributed by atoms with Crippen LogP contribution in [0.5, 0.6) is 0 Å². The molecule has 0 spiro atoms. The number of anilines is 3. The minimum Gasteiger partial charge on any atom is -0.308 e. The van der Waals surface area contributed by atoms with Gasteiger partial charge in [0.05, 0.1) is 22.4 Å². The first kappa shape index (κ1) is 35.2. The first-order valence-corrected chi connectivity index (χ1v) is 20.4. The van der Waals surface area contributed by atoms with Crippen molar-refractivity contribution in [3.05, 3.63) is 230 Å². The van der Waals surface area contributed by atoms with Gasteiger partial charge in [-0.2, -0.15) is 9.13 Å². The molecule has 5 nitrogen and oxygen atoms in total. The molecule has 0 aliphatic heterocycles. The molecule has 11 aromatic rings. The summed E-state index contributed by atoms with van der Waals surface area (Å²) < 4.78 is 6.88. The molecule has 60 heavy (non-hydrogen) atoms. The topological polar surface area (TPSA) is 30.9 Å². The molecule has 11 rings (SSSR count). The van der Waals surface area contributed by atoms with Crippen molar-refractivity contribution >= 4 is 49.9 Å². The molecule has 0 saturated carbocycles. The van der Waals surface area contributed by atoms with Crippen LogP contribution in [0.1, 0.15) is 5.56 Å². The third-order valence-electron chi connectivity index (χ3n) is 11.5. The number of aryl methyl sites for hydroxylation is 1. The highest BCUT2D eigenvalue weighted by Gasteiger charge is 2.25. The SMILES string of the molecule is Cc1ccnc(-n2c3ccccc3c3ccc(N(c4cccc(-n5[cH+]n(-c6ccccc6)c6ccccc65)c4)c4c(-c5ccccc5)cccc4-c4ccccc4)cc32)c1. The normalized spacial score (nSPS) is 11.4. The van der Waals surface area contributed by atoms with Crippen molar-refractivity contribution in [1.82, 2.24) is 18.7 Å². The van der Waals surface area contributed by atoms with E-state index in [-0.39, 0.29) is 0 Å². The number of hydrogen-bond acceptors (Lipinski definition) is 2. The molecule has 5 heteroatoms. The fraction of sp³-hybridized carbons (Fsp3) is 0.0182. The van der Waals surface area contributed by atoms with Gasteiger partial charge in [0.2, 0.25) is 0 Å². The minimum atomic E-state index is 0.896. The fourth-order valence-electron chi connectivity index (χ4n) is 8.77. The summed E-state index contributed by atoms with van der Waals surface area (Å²) in [6, 6.07) is 76.1. The lowest BCUT2D eigenvalue weighted by molar-refractivity contribution is 1.01. The molecule has 0 unspecified atom stereocenters. The van der Waals surface area contributed by atoms with Gasteiger partial charge in [0.1, 0.15) is 17.2 Å². The van der Waals surface area contributed by atoms with E-state index in [1.54, 1.807) is 0 Å². The minimum absolute atomic E-state index is 0.896. The number of benzene rings is 8. The first-order chi connectivity index (χ1) is 29.7. The van der Waals surface area contributed by atoms with Crippen LogP contribution in [0, 0.1) is 6.92 Å². The maximum atomic E-state index is 4.92. The van der Waals surface area contributed by atoms with E-state index in [2.05, 4.69) is 244 Å². The van der Waals surface area contributed by atoms with Crippen LogP contribution >= 0.6 is 0 Å².